The first kappa shape index (κ1) is 21.1. The predicted octanol–water partition coefficient (Wildman–Crippen LogP) is 2.51. The van der Waals surface area contributed by atoms with Gasteiger partial charge in [0, 0.05) is 49.6 Å². The Morgan fingerprint density at radius 1 is 1.29 bits per heavy atom. The van der Waals surface area contributed by atoms with Crippen molar-refractivity contribution in [3.63, 3.8) is 0 Å². The van der Waals surface area contributed by atoms with E-state index in [1.54, 1.807) is 24.0 Å². The second-order valence-corrected chi connectivity index (χ2v) is 9.07. The predicted molar refractivity (Wildman–Crippen MR) is 127 cm³/mol. The number of methoxy groups -OCH3 is 1. The van der Waals surface area contributed by atoms with Gasteiger partial charge in [-0.05, 0) is 24.5 Å². The molecule has 1 amide bonds. The van der Waals surface area contributed by atoms with Gasteiger partial charge < -0.3 is 24.7 Å². The number of hydrogen-bond acceptors (Lipinski definition) is 7. The van der Waals surface area contributed by atoms with E-state index >= 15 is 0 Å². The Morgan fingerprint density at radius 3 is 2.91 bits per heavy atom. The lowest BCUT2D eigenvalue weighted by atomic mass is 10.1. The molecule has 4 atom stereocenters. The quantitative estimate of drug-likeness (QED) is 0.454. The first-order valence-electron chi connectivity index (χ1n) is 11.5. The van der Waals surface area contributed by atoms with Crippen molar-refractivity contribution in [2.45, 2.75) is 31.5 Å². The van der Waals surface area contributed by atoms with Gasteiger partial charge in [0.05, 0.1) is 31.1 Å². The number of nitrogens with zero attached hydrogens (tertiary/aromatic N) is 5. The molecule has 10 nitrogen and oxygen atoms in total. The average Bonchev–Trinajstić information content (AvgIpc) is 3.27. The summed E-state index contributed by atoms with van der Waals surface area (Å²) >= 11 is 0. The van der Waals surface area contributed by atoms with E-state index in [2.05, 4.69) is 38.4 Å². The van der Waals surface area contributed by atoms with Crippen LogP contribution in [-0.2, 0) is 9.47 Å². The van der Waals surface area contributed by atoms with Gasteiger partial charge in [-0.1, -0.05) is 6.92 Å². The van der Waals surface area contributed by atoms with E-state index in [1.165, 1.54) is 0 Å². The molecule has 6 rings (SSSR count). The molecule has 4 aromatic heterocycles. The van der Waals surface area contributed by atoms with Crippen LogP contribution in [0, 0.1) is 5.92 Å². The fourth-order valence-corrected chi connectivity index (χ4v) is 4.76. The number of carbonyl (C=O) groups excluding carboxylic acids is 1. The number of nitrogens with one attached hydrogen (secondary N) is 2. The highest BCUT2D eigenvalue weighted by Gasteiger charge is 2.35. The van der Waals surface area contributed by atoms with Crippen LogP contribution >= 0.6 is 0 Å². The zero-order valence-corrected chi connectivity index (χ0v) is 19.4. The summed E-state index contributed by atoms with van der Waals surface area (Å²) in [6, 6.07) is 6.13. The fraction of sp³-hybridized carbons (Fsp3) is 0.417. The molecule has 0 spiro atoms. The van der Waals surface area contributed by atoms with Crippen LogP contribution in [-0.4, -0.2) is 69.6 Å². The van der Waals surface area contributed by atoms with Crippen molar-refractivity contribution < 1.29 is 14.3 Å². The first-order valence-corrected chi connectivity index (χ1v) is 11.5. The molecule has 1 aliphatic heterocycles. The largest absolute Gasteiger partial charge is 0.377 e. The molecule has 10 heteroatoms. The summed E-state index contributed by atoms with van der Waals surface area (Å²) in [7, 11) is 3.53. The van der Waals surface area contributed by atoms with Gasteiger partial charge in [-0.2, -0.15) is 9.61 Å². The monoisotopic (exact) mass is 461 g/mol. The van der Waals surface area contributed by atoms with E-state index in [0.29, 0.717) is 30.3 Å². The zero-order chi connectivity index (χ0) is 23.4. The molecule has 1 saturated heterocycles. The van der Waals surface area contributed by atoms with Gasteiger partial charge in [0.2, 0.25) is 0 Å². The highest BCUT2D eigenvalue weighted by Crippen LogP contribution is 2.35. The standard InChI is InChI=1S/C24H27N7O3/c1-13-7-17(13)29-24(32)15-9-27-31-21(25-2)8-18(28-23(15)31)16-10-30(19-11-34-12-20(19)33-3)22-14(16)5-4-6-26-22/h4-6,8-10,13,17,19-20,25H,7,11-12H2,1-3H3,(H,29,32)/t13-,17+,19-,20-/m0/s1. The first-order chi connectivity index (χ1) is 16.6. The molecule has 1 saturated carbocycles. The summed E-state index contributed by atoms with van der Waals surface area (Å²) in [6.07, 6.45) is 6.38. The molecule has 2 N–H and O–H groups in total. The van der Waals surface area contributed by atoms with Gasteiger partial charge in [-0.25, -0.2) is 9.97 Å². The van der Waals surface area contributed by atoms with E-state index < -0.39 is 0 Å². The van der Waals surface area contributed by atoms with E-state index in [-0.39, 0.29) is 24.1 Å². The Kier molecular flexibility index (Phi) is 5.00. The van der Waals surface area contributed by atoms with Gasteiger partial charge >= 0.3 is 0 Å². The third-order valence-corrected chi connectivity index (χ3v) is 6.92. The van der Waals surface area contributed by atoms with Crippen LogP contribution in [0.25, 0.3) is 27.9 Å². The molecule has 176 valence electrons. The normalized spacial score (nSPS) is 24.1. The summed E-state index contributed by atoms with van der Waals surface area (Å²) in [5.74, 6) is 1.10. The summed E-state index contributed by atoms with van der Waals surface area (Å²) in [5, 5.41) is 11.7. The molecule has 5 heterocycles. The lowest BCUT2D eigenvalue weighted by Crippen LogP contribution is -2.26. The molecular weight excluding hydrogens is 434 g/mol. The summed E-state index contributed by atoms with van der Waals surface area (Å²) in [6.45, 7) is 3.23. The van der Waals surface area contributed by atoms with Gasteiger partial charge in [-0.15, -0.1) is 0 Å². The van der Waals surface area contributed by atoms with Crippen LogP contribution in [0.2, 0.25) is 0 Å². The summed E-state index contributed by atoms with van der Waals surface area (Å²) in [5.41, 5.74) is 3.47. The Labute approximate surface area is 196 Å². The van der Waals surface area contributed by atoms with Crippen molar-refractivity contribution in [1.82, 2.24) is 29.5 Å². The van der Waals surface area contributed by atoms with E-state index in [4.69, 9.17) is 14.5 Å². The summed E-state index contributed by atoms with van der Waals surface area (Å²) < 4.78 is 15.1. The maximum absolute atomic E-state index is 13.0. The van der Waals surface area contributed by atoms with Crippen LogP contribution < -0.4 is 10.6 Å². The minimum absolute atomic E-state index is 0.0143. The number of aromatic nitrogens is 5. The molecule has 4 aromatic rings. The van der Waals surface area contributed by atoms with Gasteiger partial charge in [0.15, 0.2) is 5.65 Å². The van der Waals surface area contributed by atoms with E-state index in [9.17, 15) is 4.79 Å². The van der Waals surface area contributed by atoms with Crippen molar-refractivity contribution in [2.75, 3.05) is 32.7 Å². The van der Waals surface area contributed by atoms with Crippen molar-refractivity contribution in [2.24, 2.45) is 5.92 Å². The van der Waals surface area contributed by atoms with Gasteiger partial charge in [0.25, 0.3) is 5.91 Å². The van der Waals surface area contributed by atoms with Crippen LogP contribution in [0.5, 0.6) is 0 Å². The van der Waals surface area contributed by atoms with Crippen LogP contribution in [0.1, 0.15) is 29.7 Å². The van der Waals surface area contributed by atoms with Crippen LogP contribution in [0.3, 0.4) is 0 Å². The fourth-order valence-electron chi connectivity index (χ4n) is 4.76. The molecule has 2 aliphatic rings. The van der Waals surface area contributed by atoms with Crippen LogP contribution in [0.15, 0.2) is 36.8 Å². The molecule has 0 unspecified atom stereocenters. The SMILES string of the molecule is CNc1cc(-c2cn([C@H]3COC[C@@H]3OC)c3ncccc23)nc2c(C(=O)N[C@@H]3C[C@@H]3C)cnn12. The number of pyridine rings is 1. The number of fused-ring (bicyclic) bond motifs is 2. The minimum atomic E-state index is -0.147. The lowest BCUT2D eigenvalue weighted by Gasteiger charge is -2.18. The maximum atomic E-state index is 13.0. The summed E-state index contributed by atoms with van der Waals surface area (Å²) in [4.78, 5) is 22.5. The van der Waals surface area contributed by atoms with Crippen LogP contribution in [0.4, 0.5) is 5.82 Å². The second kappa shape index (κ2) is 8.07. The highest BCUT2D eigenvalue weighted by atomic mass is 16.5. The molecule has 0 radical (unpaired) electrons. The maximum Gasteiger partial charge on any atom is 0.256 e. The highest BCUT2D eigenvalue weighted by molar-refractivity contribution is 6.01. The molecule has 0 bridgehead atoms. The molecule has 1 aliphatic carbocycles. The topological polar surface area (TPSA) is 108 Å². The second-order valence-electron chi connectivity index (χ2n) is 9.07. The average molecular weight is 462 g/mol. The Bertz CT molecular complexity index is 1390. The number of anilines is 1. The van der Waals surface area contributed by atoms with Gasteiger partial charge in [-0.3, -0.25) is 4.79 Å². The third-order valence-electron chi connectivity index (χ3n) is 6.92. The molecule has 34 heavy (non-hydrogen) atoms. The third kappa shape index (κ3) is 3.33. The van der Waals surface area contributed by atoms with Crippen molar-refractivity contribution in [3.05, 3.63) is 42.4 Å². The minimum Gasteiger partial charge on any atom is -0.377 e. The smallest absolute Gasteiger partial charge is 0.256 e. The van der Waals surface area contributed by atoms with E-state index in [0.717, 1.165) is 34.5 Å². The number of hydrogen-bond donors (Lipinski definition) is 2. The van der Waals surface area contributed by atoms with Crippen molar-refractivity contribution in [1.29, 1.82) is 0 Å². The van der Waals surface area contributed by atoms with Crippen molar-refractivity contribution in [3.8, 4) is 11.3 Å². The Balaban J connectivity index is 1.49. The molecular formula is C24H27N7O3. The Hall–Kier alpha value is -3.50. The number of ether oxygens (including phenoxy) is 2. The Morgan fingerprint density at radius 2 is 2.15 bits per heavy atom. The molecule has 2 fully saturated rings. The number of rotatable bonds is 6. The van der Waals surface area contributed by atoms with Crippen molar-refractivity contribution >= 4 is 28.4 Å². The van der Waals surface area contributed by atoms with Gasteiger partial charge in [0.1, 0.15) is 23.1 Å². The van der Waals surface area contributed by atoms with E-state index in [1.807, 2.05) is 25.2 Å². The molecule has 0 aromatic carbocycles. The number of carbonyl (C=O) groups is 1. The number of amides is 1. The lowest BCUT2D eigenvalue weighted by molar-refractivity contribution is 0.0692. The zero-order valence-electron chi connectivity index (χ0n) is 19.4.